The number of nitrogens with zero attached hydrogens (tertiary/aromatic N) is 5. The van der Waals surface area contributed by atoms with Gasteiger partial charge >= 0.3 is 0 Å². The lowest BCUT2D eigenvalue weighted by Gasteiger charge is -2.33. The van der Waals surface area contributed by atoms with Gasteiger partial charge in [0.05, 0.1) is 41.4 Å². The van der Waals surface area contributed by atoms with Crippen molar-refractivity contribution < 1.29 is 17.9 Å². The topological polar surface area (TPSA) is 105 Å². The maximum atomic E-state index is 14.5. The summed E-state index contributed by atoms with van der Waals surface area (Å²) in [5.41, 5.74) is 4.49. The molecule has 4 heterocycles. The maximum absolute atomic E-state index is 14.5. The highest BCUT2D eigenvalue weighted by molar-refractivity contribution is 7.91. The fourth-order valence-corrected chi connectivity index (χ4v) is 6.71. The van der Waals surface area contributed by atoms with Gasteiger partial charge in [-0.3, -0.25) is 14.1 Å². The fourth-order valence-electron chi connectivity index (χ4n) is 5.25. The number of nitrogens with one attached hydrogen (secondary N) is 1. The number of aliphatic hydroxyl groups excluding tert-OH is 1. The van der Waals surface area contributed by atoms with E-state index in [0.29, 0.717) is 49.3 Å². The Morgan fingerprint density at radius 3 is 2.61 bits per heavy atom. The van der Waals surface area contributed by atoms with Crippen molar-refractivity contribution in [1.82, 2.24) is 24.2 Å². The zero-order valence-electron chi connectivity index (χ0n) is 21.6. The third-order valence-electron chi connectivity index (χ3n) is 7.33. The molecule has 4 aromatic rings. The molecule has 1 aliphatic rings. The highest BCUT2D eigenvalue weighted by atomic mass is 32.2. The molecule has 1 fully saturated rings. The van der Waals surface area contributed by atoms with Crippen LogP contribution in [-0.4, -0.2) is 82.0 Å². The standard InChI is InChI=1S/C27H33FN6O3S/c1-29-26-5-3-19(15-24(26)28)25-6-4-23-20(17-34(27(23)31-25)22-16-30-32(2)18-22)7-10-33(11-12-35)21-8-13-38(36,37)14-9-21/h3-6,15-18,21,29,35H,7-14H2,1-2H3. The van der Waals surface area contributed by atoms with Crippen LogP contribution in [0, 0.1) is 5.82 Å². The van der Waals surface area contributed by atoms with Gasteiger partial charge in [-0.05, 0) is 49.1 Å². The van der Waals surface area contributed by atoms with Crippen LogP contribution < -0.4 is 5.32 Å². The number of pyridine rings is 1. The van der Waals surface area contributed by atoms with E-state index >= 15 is 0 Å². The Bertz CT molecular complexity index is 1530. The van der Waals surface area contributed by atoms with Gasteiger partial charge in [-0.25, -0.2) is 17.8 Å². The second-order valence-electron chi connectivity index (χ2n) is 9.80. The number of aromatic nitrogens is 4. The van der Waals surface area contributed by atoms with Gasteiger partial charge in [0.25, 0.3) is 0 Å². The summed E-state index contributed by atoms with van der Waals surface area (Å²) >= 11 is 0. The molecule has 11 heteroatoms. The number of aliphatic hydroxyl groups is 1. The van der Waals surface area contributed by atoms with E-state index in [1.165, 1.54) is 6.07 Å². The van der Waals surface area contributed by atoms with E-state index in [-0.39, 0.29) is 30.0 Å². The molecule has 0 bridgehead atoms. The SMILES string of the molecule is CNc1ccc(-c2ccc3c(CCN(CCO)C4CCS(=O)(=O)CC4)cn(-c4cnn(C)c4)c3n2)cc1F. The Labute approximate surface area is 221 Å². The molecule has 1 aliphatic heterocycles. The summed E-state index contributed by atoms with van der Waals surface area (Å²) in [6.45, 7) is 1.22. The van der Waals surface area contributed by atoms with Gasteiger partial charge in [-0.2, -0.15) is 5.10 Å². The van der Waals surface area contributed by atoms with Crippen molar-refractivity contribution in [2.24, 2.45) is 7.05 Å². The first-order valence-corrected chi connectivity index (χ1v) is 14.6. The van der Waals surface area contributed by atoms with E-state index in [1.54, 1.807) is 24.0 Å². The van der Waals surface area contributed by atoms with Crippen LogP contribution in [0.3, 0.4) is 0 Å². The molecule has 0 saturated carbocycles. The predicted octanol–water partition coefficient (Wildman–Crippen LogP) is 3.02. The highest BCUT2D eigenvalue weighted by Gasteiger charge is 2.28. The van der Waals surface area contributed by atoms with Gasteiger partial charge in [0, 0.05) is 56.6 Å². The van der Waals surface area contributed by atoms with Crippen LogP contribution in [-0.2, 0) is 23.3 Å². The van der Waals surface area contributed by atoms with Crippen LogP contribution >= 0.6 is 0 Å². The summed E-state index contributed by atoms with van der Waals surface area (Å²) in [5.74, 6) is 0.0556. The van der Waals surface area contributed by atoms with Crippen molar-refractivity contribution in [3.63, 3.8) is 0 Å². The number of hydrogen-bond donors (Lipinski definition) is 2. The van der Waals surface area contributed by atoms with Gasteiger partial charge in [-0.1, -0.05) is 6.07 Å². The van der Waals surface area contributed by atoms with Crippen molar-refractivity contribution in [1.29, 1.82) is 0 Å². The summed E-state index contributed by atoms with van der Waals surface area (Å²) in [6, 6.07) is 9.10. The van der Waals surface area contributed by atoms with E-state index in [2.05, 4.69) is 21.5 Å². The summed E-state index contributed by atoms with van der Waals surface area (Å²) < 4.78 is 42.0. The molecule has 9 nitrogen and oxygen atoms in total. The Balaban J connectivity index is 1.48. The molecule has 38 heavy (non-hydrogen) atoms. The molecule has 0 spiro atoms. The molecule has 3 aromatic heterocycles. The van der Waals surface area contributed by atoms with Crippen molar-refractivity contribution in [3.05, 3.63) is 60.3 Å². The number of aryl methyl sites for hydroxylation is 1. The Morgan fingerprint density at radius 1 is 1.16 bits per heavy atom. The molecule has 202 valence electrons. The van der Waals surface area contributed by atoms with E-state index in [9.17, 15) is 17.9 Å². The van der Waals surface area contributed by atoms with E-state index in [0.717, 1.165) is 22.3 Å². The van der Waals surface area contributed by atoms with Crippen LogP contribution in [0.4, 0.5) is 10.1 Å². The van der Waals surface area contributed by atoms with Crippen molar-refractivity contribution in [3.8, 4) is 16.9 Å². The van der Waals surface area contributed by atoms with Gasteiger partial charge in [0.2, 0.25) is 0 Å². The van der Waals surface area contributed by atoms with Gasteiger partial charge in [0.15, 0.2) is 0 Å². The van der Waals surface area contributed by atoms with Gasteiger partial charge in [0.1, 0.15) is 21.3 Å². The largest absolute Gasteiger partial charge is 0.395 e. The van der Waals surface area contributed by atoms with E-state index < -0.39 is 9.84 Å². The van der Waals surface area contributed by atoms with E-state index in [1.807, 2.05) is 36.0 Å². The van der Waals surface area contributed by atoms with Crippen LogP contribution in [0.25, 0.3) is 28.0 Å². The smallest absolute Gasteiger partial charge is 0.150 e. The fraction of sp³-hybridized carbons (Fsp3) is 0.407. The highest BCUT2D eigenvalue weighted by Crippen LogP contribution is 2.29. The van der Waals surface area contributed by atoms with Crippen molar-refractivity contribution >= 4 is 26.6 Å². The lowest BCUT2D eigenvalue weighted by molar-refractivity contribution is 0.143. The number of rotatable bonds is 9. The number of benzene rings is 1. The molecule has 0 aliphatic carbocycles. The Hall–Kier alpha value is -3.28. The third kappa shape index (κ3) is 5.45. The maximum Gasteiger partial charge on any atom is 0.150 e. The first-order valence-electron chi connectivity index (χ1n) is 12.8. The average Bonchev–Trinajstić information content (AvgIpc) is 3.49. The molecule has 0 radical (unpaired) electrons. The zero-order valence-corrected chi connectivity index (χ0v) is 22.5. The predicted molar refractivity (Wildman–Crippen MR) is 147 cm³/mol. The van der Waals surface area contributed by atoms with Crippen LogP contribution in [0.5, 0.6) is 0 Å². The normalized spacial score (nSPS) is 15.9. The first-order chi connectivity index (χ1) is 18.3. The Kier molecular flexibility index (Phi) is 7.51. The quantitative estimate of drug-likeness (QED) is 0.336. The van der Waals surface area contributed by atoms with E-state index in [4.69, 9.17) is 4.98 Å². The summed E-state index contributed by atoms with van der Waals surface area (Å²) in [7, 11) is 0.588. The average molecular weight is 541 g/mol. The third-order valence-corrected chi connectivity index (χ3v) is 9.05. The molecule has 1 saturated heterocycles. The molecule has 2 N–H and O–H groups in total. The lowest BCUT2D eigenvalue weighted by atomic mass is 10.1. The van der Waals surface area contributed by atoms with Crippen LogP contribution in [0.2, 0.25) is 0 Å². The molecule has 5 rings (SSSR count). The number of sulfone groups is 1. The minimum Gasteiger partial charge on any atom is -0.395 e. The van der Waals surface area contributed by atoms with Crippen molar-refractivity contribution in [2.45, 2.75) is 25.3 Å². The number of hydrogen-bond acceptors (Lipinski definition) is 7. The minimum atomic E-state index is -2.95. The molecule has 0 atom stereocenters. The van der Waals surface area contributed by atoms with Gasteiger partial charge < -0.3 is 10.4 Å². The molecular formula is C27H33FN6O3S. The number of anilines is 1. The monoisotopic (exact) mass is 540 g/mol. The molecule has 1 aromatic carbocycles. The second kappa shape index (κ2) is 10.8. The summed E-state index contributed by atoms with van der Waals surface area (Å²) in [6.07, 6.45) is 7.64. The molecular weight excluding hydrogens is 507 g/mol. The second-order valence-corrected chi connectivity index (χ2v) is 12.1. The Morgan fingerprint density at radius 2 is 1.95 bits per heavy atom. The van der Waals surface area contributed by atoms with Crippen LogP contribution in [0.15, 0.2) is 48.9 Å². The minimum absolute atomic E-state index is 0.0223. The first kappa shape index (κ1) is 26.3. The summed E-state index contributed by atoms with van der Waals surface area (Å²) in [5, 5.41) is 17.8. The zero-order chi connectivity index (χ0) is 26.9. The number of halogens is 1. The van der Waals surface area contributed by atoms with Crippen LogP contribution in [0.1, 0.15) is 18.4 Å². The lowest BCUT2D eigenvalue weighted by Crippen LogP contribution is -2.43. The molecule has 0 amide bonds. The van der Waals surface area contributed by atoms with Gasteiger partial charge in [-0.15, -0.1) is 0 Å². The van der Waals surface area contributed by atoms with Crippen molar-refractivity contribution in [2.75, 3.05) is 43.6 Å². The summed E-state index contributed by atoms with van der Waals surface area (Å²) in [4.78, 5) is 7.14. The molecule has 0 unspecified atom stereocenters. The number of fused-ring (bicyclic) bond motifs is 1.